The van der Waals surface area contributed by atoms with E-state index in [9.17, 15) is 9.59 Å². The topological polar surface area (TPSA) is 94.2 Å². The lowest BCUT2D eigenvalue weighted by Gasteiger charge is -2.31. The number of H-pyrrole nitrogens is 1. The maximum absolute atomic E-state index is 12.9. The van der Waals surface area contributed by atoms with Crippen LogP contribution in [0.5, 0.6) is 0 Å². The third kappa shape index (κ3) is 5.40. The lowest BCUT2D eigenvalue weighted by atomic mass is 9.94. The Bertz CT molecular complexity index is 1150. The van der Waals surface area contributed by atoms with Gasteiger partial charge in [-0.15, -0.1) is 11.3 Å². The Morgan fingerprint density at radius 2 is 1.83 bits per heavy atom. The van der Waals surface area contributed by atoms with Gasteiger partial charge in [-0.1, -0.05) is 49.6 Å². The summed E-state index contributed by atoms with van der Waals surface area (Å²) in [5, 5.41) is 13.0. The molecule has 1 aliphatic carbocycles. The Labute approximate surface area is 209 Å². The molecule has 5 rings (SSSR count). The number of nitrogens with zero attached hydrogens (tertiary/aromatic N) is 4. The van der Waals surface area contributed by atoms with Crippen molar-refractivity contribution in [3.05, 3.63) is 52.5 Å². The normalized spacial score (nSPS) is 17.3. The zero-order valence-corrected chi connectivity index (χ0v) is 20.9. The number of aromatic nitrogens is 3. The maximum atomic E-state index is 12.9. The monoisotopic (exact) mass is 492 g/mol. The number of urea groups is 1. The first kappa shape index (κ1) is 23.5. The molecule has 0 spiro atoms. The van der Waals surface area contributed by atoms with Gasteiger partial charge in [0.15, 0.2) is 5.82 Å². The molecule has 0 bridgehead atoms. The molecular formula is C26H32N6O2S. The second-order valence-corrected chi connectivity index (χ2v) is 10.4. The molecule has 184 valence electrons. The Morgan fingerprint density at radius 3 is 2.57 bits per heavy atom. The molecule has 3 amide bonds. The molecule has 0 unspecified atom stereocenters. The van der Waals surface area contributed by atoms with E-state index in [2.05, 4.69) is 15.5 Å². The Hall–Kier alpha value is -3.20. The van der Waals surface area contributed by atoms with Crippen molar-refractivity contribution < 1.29 is 9.59 Å². The standard InChI is InChI=1S/C26H32N6O2S/c1-31(20-10-6-3-7-11-20)25(33)22-17-35-24(27-22)19-12-14-32(15-13-19)26(34)28-23-16-21(29-30-23)18-8-4-2-5-9-18/h2,4-5,8-9,16-17,19-20H,3,6-7,10-15H2,1H3,(H2,28,29,30,34). The minimum Gasteiger partial charge on any atom is -0.337 e. The van der Waals surface area contributed by atoms with Crippen LogP contribution in [-0.2, 0) is 0 Å². The van der Waals surface area contributed by atoms with Crippen LogP contribution >= 0.6 is 11.3 Å². The van der Waals surface area contributed by atoms with Crippen LogP contribution in [0.25, 0.3) is 11.3 Å². The van der Waals surface area contributed by atoms with E-state index in [1.807, 2.05) is 58.6 Å². The van der Waals surface area contributed by atoms with Gasteiger partial charge in [-0.25, -0.2) is 9.78 Å². The SMILES string of the molecule is CN(C(=O)c1csc(C2CCN(C(=O)Nc3cc(-c4ccccc4)[nH]n3)CC2)n1)C1CCCCC1. The van der Waals surface area contributed by atoms with Crippen molar-refractivity contribution in [3.8, 4) is 11.3 Å². The molecule has 1 saturated heterocycles. The van der Waals surface area contributed by atoms with E-state index in [1.165, 1.54) is 19.3 Å². The van der Waals surface area contributed by atoms with Crippen LogP contribution in [0, 0.1) is 0 Å². The van der Waals surface area contributed by atoms with Crippen molar-refractivity contribution in [2.75, 3.05) is 25.5 Å². The van der Waals surface area contributed by atoms with Crippen LogP contribution in [0.1, 0.15) is 66.4 Å². The predicted molar refractivity (Wildman–Crippen MR) is 138 cm³/mol. The number of aromatic amines is 1. The highest BCUT2D eigenvalue weighted by Crippen LogP contribution is 2.31. The Balaban J connectivity index is 1.13. The van der Waals surface area contributed by atoms with E-state index in [1.54, 1.807) is 11.3 Å². The minimum absolute atomic E-state index is 0.0325. The number of anilines is 1. The molecule has 1 saturated carbocycles. The fraction of sp³-hybridized carbons (Fsp3) is 0.462. The average molecular weight is 493 g/mol. The number of benzene rings is 1. The first-order valence-corrected chi connectivity index (χ1v) is 13.4. The van der Waals surface area contributed by atoms with Crippen LogP contribution in [0.4, 0.5) is 10.6 Å². The molecule has 35 heavy (non-hydrogen) atoms. The summed E-state index contributed by atoms with van der Waals surface area (Å²) >= 11 is 1.57. The van der Waals surface area contributed by atoms with E-state index in [0.717, 1.165) is 41.9 Å². The van der Waals surface area contributed by atoms with E-state index >= 15 is 0 Å². The number of likely N-dealkylation sites (tertiary alicyclic amines) is 1. The summed E-state index contributed by atoms with van der Waals surface area (Å²) in [5.41, 5.74) is 2.45. The van der Waals surface area contributed by atoms with Crippen molar-refractivity contribution in [2.45, 2.75) is 56.9 Å². The van der Waals surface area contributed by atoms with Crippen LogP contribution in [-0.4, -0.2) is 63.1 Å². The molecule has 8 nitrogen and oxygen atoms in total. The fourth-order valence-corrected chi connectivity index (χ4v) is 6.02. The van der Waals surface area contributed by atoms with Crippen LogP contribution in [0.15, 0.2) is 41.8 Å². The second-order valence-electron chi connectivity index (χ2n) is 9.50. The van der Waals surface area contributed by atoms with Crippen molar-refractivity contribution in [2.24, 2.45) is 0 Å². The summed E-state index contributed by atoms with van der Waals surface area (Å²) in [4.78, 5) is 34.1. The summed E-state index contributed by atoms with van der Waals surface area (Å²) in [6.07, 6.45) is 7.52. The molecule has 3 aromatic rings. The summed E-state index contributed by atoms with van der Waals surface area (Å²) in [6, 6.07) is 11.9. The van der Waals surface area contributed by atoms with E-state index in [-0.39, 0.29) is 17.9 Å². The lowest BCUT2D eigenvalue weighted by molar-refractivity contribution is 0.0691. The maximum Gasteiger partial charge on any atom is 0.323 e. The second kappa shape index (κ2) is 10.6. The number of hydrogen-bond acceptors (Lipinski definition) is 5. The van der Waals surface area contributed by atoms with Crippen LogP contribution < -0.4 is 5.32 Å². The van der Waals surface area contributed by atoms with Gasteiger partial charge >= 0.3 is 6.03 Å². The molecule has 3 heterocycles. The lowest BCUT2D eigenvalue weighted by Crippen LogP contribution is -2.40. The number of thiazole rings is 1. The number of carbonyl (C=O) groups is 2. The molecule has 2 aliphatic rings. The summed E-state index contributed by atoms with van der Waals surface area (Å²) in [5.74, 6) is 0.826. The van der Waals surface area contributed by atoms with Crippen molar-refractivity contribution >= 4 is 29.1 Å². The largest absolute Gasteiger partial charge is 0.337 e. The molecule has 1 aliphatic heterocycles. The van der Waals surface area contributed by atoms with E-state index < -0.39 is 0 Å². The van der Waals surface area contributed by atoms with Gasteiger partial charge in [0.25, 0.3) is 5.91 Å². The van der Waals surface area contributed by atoms with Crippen molar-refractivity contribution in [3.63, 3.8) is 0 Å². The summed E-state index contributed by atoms with van der Waals surface area (Å²) in [6.45, 7) is 1.30. The first-order chi connectivity index (χ1) is 17.1. The number of nitrogens with one attached hydrogen (secondary N) is 2. The van der Waals surface area contributed by atoms with Gasteiger partial charge < -0.3 is 9.80 Å². The fourth-order valence-electron chi connectivity index (χ4n) is 5.06. The summed E-state index contributed by atoms with van der Waals surface area (Å²) < 4.78 is 0. The Morgan fingerprint density at radius 1 is 1.09 bits per heavy atom. The highest BCUT2D eigenvalue weighted by Gasteiger charge is 2.28. The van der Waals surface area contributed by atoms with Crippen LogP contribution in [0.2, 0.25) is 0 Å². The first-order valence-electron chi connectivity index (χ1n) is 12.5. The van der Waals surface area contributed by atoms with Crippen LogP contribution in [0.3, 0.4) is 0 Å². The van der Waals surface area contributed by atoms with Gasteiger partial charge in [-0.3, -0.25) is 15.2 Å². The molecule has 2 aromatic heterocycles. The van der Waals surface area contributed by atoms with E-state index in [0.29, 0.717) is 30.6 Å². The number of piperidine rings is 1. The van der Waals surface area contributed by atoms with Gasteiger partial charge in [0, 0.05) is 43.5 Å². The average Bonchev–Trinajstić information content (AvgIpc) is 3.59. The summed E-state index contributed by atoms with van der Waals surface area (Å²) in [7, 11) is 1.91. The zero-order chi connectivity index (χ0) is 24.2. The number of amides is 3. The molecular weight excluding hydrogens is 460 g/mol. The van der Waals surface area contributed by atoms with Crippen molar-refractivity contribution in [1.29, 1.82) is 0 Å². The van der Waals surface area contributed by atoms with Gasteiger partial charge in [-0.2, -0.15) is 5.10 Å². The predicted octanol–water partition coefficient (Wildman–Crippen LogP) is 5.35. The van der Waals surface area contributed by atoms with Gasteiger partial charge in [0.05, 0.1) is 10.7 Å². The molecule has 0 atom stereocenters. The smallest absolute Gasteiger partial charge is 0.323 e. The zero-order valence-electron chi connectivity index (χ0n) is 20.1. The third-order valence-corrected chi connectivity index (χ3v) is 8.22. The molecule has 1 aromatic carbocycles. The van der Waals surface area contributed by atoms with Gasteiger partial charge in [0.1, 0.15) is 5.69 Å². The van der Waals surface area contributed by atoms with Gasteiger partial charge in [0.2, 0.25) is 0 Å². The minimum atomic E-state index is -0.140. The highest BCUT2D eigenvalue weighted by atomic mass is 32.1. The number of carbonyl (C=O) groups excluding carboxylic acids is 2. The number of rotatable bonds is 5. The highest BCUT2D eigenvalue weighted by molar-refractivity contribution is 7.09. The van der Waals surface area contributed by atoms with Crippen molar-refractivity contribution in [1.82, 2.24) is 25.0 Å². The van der Waals surface area contributed by atoms with E-state index in [4.69, 9.17) is 4.98 Å². The Kier molecular flexibility index (Phi) is 7.13. The quantitative estimate of drug-likeness (QED) is 0.502. The van der Waals surface area contributed by atoms with Gasteiger partial charge in [-0.05, 0) is 31.2 Å². The molecule has 9 heteroatoms. The number of hydrogen-bond donors (Lipinski definition) is 2. The molecule has 2 fully saturated rings. The molecule has 2 N–H and O–H groups in total. The third-order valence-electron chi connectivity index (χ3n) is 7.21. The molecule has 0 radical (unpaired) electrons.